The first-order chi connectivity index (χ1) is 12.6. The fraction of sp³-hybridized carbons (Fsp3) is 0.250. The van der Waals surface area contributed by atoms with E-state index < -0.39 is 31.8 Å². The van der Waals surface area contributed by atoms with Crippen molar-refractivity contribution in [3.63, 3.8) is 0 Å². The molecule has 0 fully saturated rings. The van der Waals surface area contributed by atoms with Crippen LogP contribution < -0.4 is 14.8 Å². The van der Waals surface area contributed by atoms with E-state index in [1.807, 2.05) is 0 Å². The molecule has 2 rings (SSSR count). The van der Waals surface area contributed by atoms with Gasteiger partial charge in [-0.1, -0.05) is 0 Å². The van der Waals surface area contributed by atoms with Crippen LogP contribution in [0.25, 0.3) is 0 Å². The zero-order valence-electron chi connectivity index (χ0n) is 14.2. The third-order valence-corrected chi connectivity index (χ3v) is 4.95. The zero-order valence-corrected chi connectivity index (χ0v) is 15.0. The van der Waals surface area contributed by atoms with E-state index in [0.717, 1.165) is 18.3 Å². The van der Waals surface area contributed by atoms with Gasteiger partial charge in [-0.3, -0.25) is 4.79 Å². The summed E-state index contributed by atoms with van der Waals surface area (Å²) in [6.45, 7) is -0.119. The Morgan fingerprint density at radius 3 is 2.48 bits per heavy atom. The topological polar surface area (TPSA) is 94.6 Å². The SMILES string of the molecule is COc1ccc(CNC(=O)c2cccnc2S(=O)(=O)C(F)(F)F)c(OC)c1. The van der Waals surface area contributed by atoms with Crippen LogP contribution in [-0.4, -0.2) is 39.0 Å². The summed E-state index contributed by atoms with van der Waals surface area (Å²) in [5.41, 5.74) is -5.77. The van der Waals surface area contributed by atoms with Crippen molar-refractivity contribution >= 4 is 15.7 Å². The van der Waals surface area contributed by atoms with Gasteiger partial charge in [-0.2, -0.15) is 13.2 Å². The molecule has 7 nitrogen and oxygen atoms in total. The van der Waals surface area contributed by atoms with Gasteiger partial charge in [-0.25, -0.2) is 13.4 Å². The van der Waals surface area contributed by atoms with E-state index in [1.54, 1.807) is 18.2 Å². The molecule has 1 N–H and O–H groups in total. The molecule has 0 saturated heterocycles. The van der Waals surface area contributed by atoms with Gasteiger partial charge < -0.3 is 14.8 Å². The molecule has 1 aromatic carbocycles. The molecule has 0 saturated carbocycles. The van der Waals surface area contributed by atoms with Crippen LogP contribution in [-0.2, 0) is 16.4 Å². The molecule has 0 atom stereocenters. The van der Waals surface area contributed by atoms with Gasteiger partial charge in [0.2, 0.25) is 0 Å². The number of carbonyl (C=O) groups is 1. The van der Waals surface area contributed by atoms with Gasteiger partial charge in [0, 0.05) is 24.4 Å². The predicted molar refractivity (Wildman–Crippen MR) is 88.2 cm³/mol. The van der Waals surface area contributed by atoms with Gasteiger partial charge in [0.1, 0.15) is 11.5 Å². The average molecular weight is 404 g/mol. The van der Waals surface area contributed by atoms with Crippen LogP contribution in [0.1, 0.15) is 15.9 Å². The number of sulfone groups is 1. The summed E-state index contributed by atoms with van der Waals surface area (Å²) < 4.78 is 71.8. The number of amides is 1. The molecule has 1 aromatic heterocycles. The summed E-state index contributed by atoms with van der Waals surface area (Å²) >= 11 is 0. The van der Waals surface area contributed by atoms with E-state index in [4.69, 9.17) is 9.47 Å². The lowest BCUT2D eigenvalue weighted by Crippen LogP contribution is -2.30. The van der Waals surface area contributed by atoms with E-state index in [-0.39, 0.29) is 6.54 Å². The van der Waals surface area contributed by atoms with Gasteiger partial charge in [-0.05, 0) is 24.3 Å². The van der Waals surface area contributed by atoms with E-state index in [0.29, 0.717) is 17.1 Å². The van der Waals surface area contributed by atoms with Crippen molar-refractivity contribution in [3.8, 4) is 11.5 Å². The number of carbonyl (C=O) groups excluding carboxylic acids is 1. The third-order valence-electron chi connectivity index (χ3n) is 3.51. The summed E-state index contributed by atoms with van der Waals surface area (Å²) in [6, 6.07) is 6.87. The minimum absolute atomic E-state index is 0.119. The number of nitrogens with one attached hydrogen (secondary N) is 1. The molecule has 0 aliphatic rings. The van der Waals surface area contributed by atoms with Gasteiger partial charge in [0.15, 0.2) is 5.03 Å². The zero-order chi connectivity index (χ0) is 20.2. The number of halogens is 3. The molecule has 0 radical (unpaired) electrons. The Morgan fingerprint density at radius 1 is 1.19 bits per heavy atom. The Bertz CT molecular complexity index is 945. The Labute approximate surface area is 153 Å². The van der Waals surface area contributed by atoms with Crippen LogP contribution in [0.4, 0.5) is 13.2 Å². The molecular weight excluding hydrogens is 389 g/mol. The van der Waals surface area contributed by atoms with Crippen molar-refractivity contribution in [1.29, 1.82) is 0 Å². The van der Waals surface area contributed by atoms with Crippen molar-refractivity contribution in [1.82, 2.24) is 10.3 Å². The lowest BCUT2D eigenvalue weighted by Gasteiger charge is -2.13. The van der Waals surface area contributed by atoms with Crippen LogP contribution in [0.15, 0.2) is 41.6 Å². The van der Waals surface area contributed by atoms with E-state index in [1.165, 1.54) is 14.2 Å². The summed E-state index contributed by atoms with van der Waals surface area (Å²) in [5, 5.41) is 1.01. The van der Waals surface area contributed by atoms with Crippen molar-refractivity contribution < 1.29 is 35.9 Å². The minimum Gasteiger partial charge on any atom is -0.497 e. The summed E-state index contributed by atoms with van der Waals surface area (Å²) in [6.07, 6.45) is 0.863. The Balaban J connectivity index is 2.29. The van der Waals surface area contributed by atoms with Crippen LogP contribution >= 0.6 is 0 Å². The number of nitrogens with zero attached hydrogens (tertiary/aromatic N) is 1. The molecule has 0 unspecified atom stereocenters. The molecule has 2 aromatic rings. The molecular formula is C16H15F3N2O5S. The van der Waals surface area contributed by atoms with Crippen molar-refractivity contribution in [2.45, 2.75) is 17.1 Å². The highest BCUT2D eigenvalue weighted by Crippen LogP contribution is 2.31. The normalized spacial score (nSPS) is 11.7. The Morgan fingerprint density at radius 2 is 1.89 bits per heavy atom. The standard InChI is InChI=1S/C16H15F3N2O5S/c1-25-11-6-5-10(13(8-11)26-2)9-21-14(22)12-4-3-7-20-15(12)27(23,24)16(17,18)19/h3-8H,9H2,1-2H3,(H,21,22). The molecule has 0 bridgehead atoms. The predicted octanol–water partition coefficient (Wildman–Crippen LogP) is 2.32. The quantitative estimate of drug-likeness (QED) is 0.794. The van der Waals surface area contributed by atoms with E-state index in [9.17, 15) is 26.4 Å². The summed E-state index contributed by atoms with van der Waals surface area (Å²) in [7, 11) is -2.91. The van der Waals surface area contributed by atoms with Crippen LogP contribution in [0.5, 0.6) is 11.5 Å². The van der Waals surface area contributed by atoms with Gasteiger partial charge in [0.05, 0.1) is 19.8 Å². The summed E-state index contributed by atoms with van der Waals surface area (Å²) in [5.74, 6) is -0.138. The van der Waals surface area contributed by atoms with Gasteiger partial charge >= 0.3 is 5.51 Å². The molecule has 1 amide bonds. The Hall–Kier alpha value is -2.82. The number of rotatable bonds is 6. The second-order valence-electron chi connectivity index (χ2n) is 5.17. The maximum Gasteiger partial charge on any atom is 0.503 e. The van der Waals surface area contributed by atoms with Crippen molar-refractivity contribution in [3.05, 3.63) is 47.7 Å². The molecule has 0 aliphatic heterocycles. The fourth-order valence-electron chi connectivity index (χ4n) is 2.16. The van der Waals surface area contributed by atoms with E-state index >= 15 is 0 Å². The fourth-order valence-corrected chi connectivity index (χ4v) is 3.03. The van der Waals surface area contributed by atoms with Gasteiger partial charge in [0.25, 0.3) is 15.7 Å². The maximum atomic E-state index is 12.8. The Kier molecular flexibility index (Phi) is 5.94. The molecule has 11 heteroatoms. The third kappa shape index (κ3) is 4.30. The highest BCUT2D eigenvalue weighted by molar-refractivity contribution is 7.92. The second kappa shape index (κ2) is 7.82. The molecule has 0 spiro atoms. The number of hydrogen-bond acceptors (Lipinski definition) is 6. The lowest BCUT2D eigenvalue weighted by atomic mass is 10.2. The number of hydrogen-bond donors (Lipinski definition) is 1. The number of methoxy groups -OCH3 is 2. The second-order valence-corrected chi connectivity index (χ2v) is 7.02. The van der Waals surface area contributed by atoms with E-state index in [2.05, 4.69) is 10.3 Å². The largest absolute Gasteiger partial charge is 0.503 e. The van der Waals surface area contributed by atoms with Crippen LogP contribution in [0.2, 0.25) is 0 Å². The highest BCUT2D eigenvalue weighted by Gasteiger charge is 2.49. The van der Waals surface area contributed by atoms with Crippen LogP contribution in [0, 0.1) is 0 Å². The number of pyridine rings is 1. The maximum absolute atomic E-state index is 12.8. The average Bonchev–Trinajstić information content (AvgIpc) is 2.64. The van der Waals surface area contributed by atoms with Crippen molar-refractivity contribution in [2.24, 2.45) is 0 Å². The number of alkyl halides is 3. The van der Waals surface area contributed by atoms with Crippen LogP contribution in [0.3, 0.4) is 0 Å². The number of benzene rings is 1. The smallest absolute Gasteiger partial charge is 0.497 e. The monoisotopic (exact) mass is 404 g/mol. The minimum atomic E-state index is -5.77. The first kappa shape index (κ1) is 20.5. The lowest BCUT2D eigenvalue weighted by molar-refractivity contribution is -0.0438. The van der Waals surface area contributed by atoms with Gasteiger partial charge in [-0.15, -0.1) is 0 Å². The molecule has 27 heavy (non-hydrogen) atoms. The molecule has 1 heterocycles. The first-order valence-electron chi connectivity index (χ1n) is 7.37. The first-order valence-corrected chi connectivity index (χ1v) is 8.85. The molecule has 146 valence electrons. The highest BCUT2D eigenvalue weighted by atomic mass is 32.2. The molecule has 0 aliphatic carbocycles. The number of aromatic nitrogens is 1. The summed E-state index contributed by atoms with van der Waals surface area (Å²) in [4.78, 5) is 15.5. The number of ether oxygens (including phenoxy) is 2. The van der Waals surface area contributed by atoms with Crippen molar-refractivity contribution in [2.75, 3.05) is 14.2 Å².